The highest BCUT2D eigenvalue weighted by atomic mass is 35.5. The molecule has 13 heteroatoms. The molecule has 0 N–H and O–H groups in total. The lowest BCUT2D eigenvalue weighted by Gasteiger charge is -2.42. The molecule has 2 unspecified atom stereocenters. The zero-order valence-electron chi connectivity index (χ0n) is 30.5. The Kier molecular flexibility index (Phi) is 9.64. The van der Waals surface area contributed by atoms with Crippen LogP contribution in [0.3, 0.4) is 0 Å². The van der Waals surface area contributed by atoms with Crippen LogP contribution >= 0.6 is 11.6 Å². The number of anilines is 1. The number of fused-ring (bicyclic) bond motifs is 4. The number of hydrogen-bond donors (Lipinski definition) is 0. The average Bonchev–Trinajstić information content (AvgIpc) is 3.43. The van der Waals surface area contributed by atoms with Crippen molar-refractivity contribution in [3.05, 3.63) is 89.3 Å². The molecule has 2 bridgehead atoms. The number of ether oxygens (including phenoxy) is 3. The van der Waals surface area contributed by atoms with Crippen molar-refractivity contribution in [3.63, 3.8) is 0 Å². The third-order valence-electron chi connectivity index (χ3n) is 10.3. The van der Waals surface area contributed by atoms with Crippen molar-refractivity contribution in [1.82, 2.24) is 24.8 Å². The first-order valence-electron chi connectivity index (χ1n) is 18.4. The number of piperazine rings is 1. The van der Waals surface area contributed by atoms with Crippen molar-refractivity contribution in [2.75, 3.05) is 31.1 Å². The summed E-state index contributed by atoms with van der Waals surface area (Å²) in [7, 11) is 0. The molecule has 3 aliphatic heterocycles. The van der Waals surface area contributed by atoms with Crippen LogP contribution < -0.4 is 9.64 Å². The zero-order chi connectivity index (χ0) is 37.6. The number of rotatable bonds is 6. The van der Waals surface area contributed by atoms with E-state index < -0.39 is 11.4 Å². The van der Waals surface area contributed by atoms with E-state index in [1.165, 1.54) is 0 Å². The SMILES string of the molecule is CC(C)(C)OC(=O)N1C2CCC1CN(c1nc(OC3CCN(C(=O)OCc4ccccc4)CC3)nc3c(F)c(-c4cccc5cccc(Cl)c45)ncc13)C2. The number of nitrogens with zero attached hydrogens (tertiary/aromatic N) is 6. The number of benzene rings is 3. The maximum atomic E-state index is 16.9. The van der Waals surface area contributed by atoms with Crippen LogP contribution in [-0.4, -0.2) is 86.9 Å². The summed E-state index contributed by atoms with van der Waals surface area (Å²) >= 11 is 6.65. The van der Waals surface area contributed by atoms with E-state index in [2.05, 4.69) is 14.9 Å². The van der Waals surface area contributed by atoms with Crippen LogP contribution in [0.4, 0.5) is 19.8 Å². The minimum atomic E-state index is -0.614. The van der Waals surface area contributed by atoms with E-state index in [1.807, 2.05) is 80.3 Å². The van der Waals surface area contributed by atoms with Crippen LogP contribution in [-0.2, 0) is 16.1 Å². The highest BCUT2D eigenvalue weighted by Gasteiger charge is 2.45. The van der Waals surface area contributed by atoms with Crippen molar-refractivity contribution in [2.24, 2.45) is 0 Å². The van der Waals surface area contributed by atoms with Gasteiger partial charge >= 0.3 is 18.2 Å². The van der Waals surface area contributed by atoms with E-state index in [1.54, 1.807) is 23.2 Å². The fraction of sp³-hybridized carbons (Fsp3) is 0.390. The predicted octanol–water partition coefficient (Wildman–Crippen LogP) is 8.41. The second kappa shape index (κ2) is 14.5. The Morgan fingerprint density at radius 3 is 2.30 bits per heavy atom. The molecule has 2 aromatic heterocycles. The Bertz CT molecular complexity index is 2190. The van der Waals surface area contributed by atoms with Crippen LogP contribution in [0.5, 0.6) is 6.01 Å². The van der Waals surface area contributed by atoms with E-state index in [0.717, 1.165) is 23.8 Å². The highest BCUT2D eigenvalue weighted by Crippen LogP contribution is 2.40. The summed E-state index contributed by atoms with van der Waals surface area (Å²) < 4.78 is 34.7. The Balaban J connectivity index is 1.09. The molecule has 0 spiro atoms. The third kappa shape index (κ3) is 7.19. The largest absolute Gasteiger partial charge is 0.460 e. The monoisotopic (exact) mass is 752 g/mol. The molecule has 54 heavy (non-hydrogen) atoms. The molecule has 2 amide bonds. The second-order valence-corrected chi connectivity index (χ2v) is 15.6. The molecule has 3 aromatic carbocycles. The lowest BCUT2D eigenvalue weighted by molar-refractivity contribution is 0.0122. The zero-order valence-corrected chi connectivity index (χ0v) is 31.3. The highest BCUT2D eigenvalue weighted by molar-refractivity contribution is 6.36. The van der Waals surface area contributed by atoms with Crippen molar-refractivity contribution in [1.29, 1.82) is 0 Å². The quantitative estimate of drug-likeness (QED) is 0.169. The smallest absolute Gasteiger partial charge is 0.410 e. The lowest BCUT2D eigenvalue weighted by Crippen LogP contribution is -2.57. The minimum Gasteiger partial charge on any atom is -0.460 e. The Morgan fingerprint density at radius 1 is 0.889 bits per heavy atom. The molecular formula is C41H42ClFN6O5. The number of carbonyl (C=O) groups excluding carboxylic acids is 2. The Morgan fingerprint density at radius 2 is 1.59 bits per heavy atom. The van der Waals surface area contributed by atoms with Gasteiger partial charge in [0.05, 0.1) is 17.5 Å². The van der Waals surface area contributed by atoms with Crippen molar-refractivity contribution < 1.29 is 28.2 Å². The fourth-order valence-corrected chi connectivity index (χ4v) is 8.08. The van der Waals surface area contributed by atoms with Crippen molar-refractivity contribution in [3.8, 4) is 17.3 Å². The van der Waals surface area contributed by atoms with E-state index in [4.69, 9.17) is 30.8 Å². The van der Waals surface area contributed by atoms with E-state index in [9.17, 15) is 9.59 Å². The number of hydrogen-bond acceptors (Lipinski definition) is 9. The van der Waals surface area contributed by atoms with E-state index in [0.29, 0.717) is 66.2 Å². The predicted molar refractivity (Wildman–Crippen MR) is 204 cm³/mol. The molecule has 3 fully saturated rings. The van der Waals surface area contributed by atoms with Gasteiger partial charge in [0, 0.05) is 61.2 Å². The molecule has 0 aliphatic carbocycles. The maximum absolute atomic E-state index is 16.9. The van der Waals surface area contributed by atoms with Gasteiger partial charge in [0.25, 0.3) is 0 Å². The van der Waals surface area contributed by atoms with Gasteiger partial charge < -0.3 is 24.0 Å². The average molecular weight is 753 g/mol. The van der Waals surface area contributed by atoms with Gasteiger partial charge in [-0.2, -0.15) is 9.97 Å². The van der Waals surface area contributed by atoms with Gasteiger partial charge in [-0.3, -0.25) is 9.88 Å². The minimum absolute atomic E-state index is 0.0384. The molecule has 8 rings (SSSR count). The molecule has 3 aliphatic rings. The van der Waals surface area contributed by atoms with Gasteiger partial charge in [0.15, 0.2) is 5.82 Å². The number of carbonyl (C=O) groups is 2. The van der Waals surface area contributed by atoms with Crippen LogP contribution in [0.1, 0.15) is 52.0 Å². The van der Waals surface area contributed by atoms with Gasteiger partial charge in [0.2, 0.25) is 0 Å². The summed E-state index contributed by atoms with van der Waals surface area (Å²) in [5, 5.41) is 2.49. The van der Waals surface area contributed by atoms with Crippen LogP contribution in [0, 0.1) is 5.82 Å². The number of halogens is 2. The van der Waals surface area contributed by atoms with E-state index in [-0.39, 0.29) is 54.2 Å². The molecule has 11 nitrogen and oxygen atoms in total. The van der Waals surface area contributed by atoms with Gasteiger partial charge in [-0.25, -0.2) is 14.0 Å². The summed E-state index contributed by atoms with van der Waals surface area (Å²) in [5.41, 5.74) is 1.05. The van der Waals surface area contributed by atoms with Crippen LogP contribution in [0.15, 0.2) is 72.9 Å². The molecular weight excluding hydrogens is 711 g/mol. The topological polar surface area (TPSA) is 110 Å². The standard InChI is InChI=1S/C41H42ClFN6O5/c1-41(2,3)54-40(51)49-27-15-16-28(49)23-48(22-27)37-31-21-44-35(30-13-7-11-26-12-8-14-32(42)33(26)30)34(43)36(31)45-38(46-37)53-29-17-19-47(20-18-29)39(50)52-24-25-9-5-4-6-10-25/h4-14,21,27-29H,15-20,22-24H2,1-3H3. The molecule has 0 radical (unpaired) electrons. The number of piperidine rings is 1. The van der Waals surface area contributed by atoms with Crippen LogP contribution in [0.2, 0.25) is 5.02 Å². The summed E-state index contributed by atoms with van der Waals surface area (Å²) in [6.07, 6.45) is 3.28. The van der Waals surface area contributed by atoms with Gasteiger partial charge in [0.1, 0.15) is 35.3 Å². The fourth-order valence-electron chi connectivity index (χ4n) is 7.80. The first-order chi connectivity index (χ1) is 26.0. The van der Waals surface area contributed by atoms with Crippen molar-refractivity contribution in [2.45, 2.75) is 76.9 Å². The van der Waals surface area contributed by atoms with Crippen LogP contribution in [0.25, 0.3) is 32.9 Å². The summed E-state index contributed by atoms with van der Waals surface area (Å²) in [6, 6.07) is 20.5. The number of likely N-dealkylation sites (tertiary alicyclic amines) is 1. The lowest BCUT2D eigenvalue weighted by atomic mass is 10.0. The van der Waals surface area contributed by atoms with Gasteiger partial charge in [-0.1, -0.05) is 72.3 Å². The maximum Gasteiger partial charge on any atom is 0.410 e. The number of pyridine rings is 1. The molecule has 5 heterocycles. The third-order valence-corrected chi connectivity index (χ3v) is 10.6. The molecule has 5 aromatic rings. The summed E-state index contributed by atoms with van der Waals surface area (Å²) in [6.45, 7) is 7.60. The normalized spacial score (nSPS) is 19.0. The number of amides is 2. The second-order valence-electron chi connectivity index (χ2n) is 15.2. The molecule has 3 saturated heterocycles. The molecule has 0 saturated carbocycles. The summed E-state index contributed by atoms with van der Waals surface area (Å²) in [4.78, 5) is 45.9. The Hall–Kier alpha value is -5.23. The first-order valence-corrected chi connectivity index (χ1v) is 18.8. The first kappa shape index (κ1) is 35.8. The van der Waals surface area contributed by atoms with Gasteiger partial charge in [-0.05, 0) is 50.6 Å². The summed E-state index contributed by atoms with van der Waals surface area (Å²) in [5.74, 6) is -0.119. The van der Waals surface area contributed by atoms with Crippen molar-refractivity contribution >= 4 is 51.3 Å². The number of aromatic nitrogens is 3. The Labute approximate surface area is 318 Å². The molecule has 2 atom stereocenters. The van der Waals surface area contributed by atoms with E-state index >= 15 is 4.39 Å². The van der Waals surface area contributed by atoms with Gasteiger partial charge in [-0.15, -0.1) is 0 Å². The molecule has 280 valence electrons.